The molecule has 0 aromatic heterocycles. The van der Waals surface area contributed by atoms with Gasteiger partial charge in [-0.15, -0.1) is 0 Å². The lowest BCUT2D eigenvalue weighted by molar-refractivity contribution is -0.272. The summed E-state index contributed by atoms with van der Waals surface area (Å²) in [6, 6.07) is -0.934. The van der Waals surface area contributed by atoms with Crippen LogP contribution in [0.25, 0.3) is 0 Å². The monoisotopic (exact) mass is 461 g/mol. The van der Waals surface area contributed by atoms with E-state index in [9.17, 15) is 20.1 Å². The Kier molecular flexibility index (Phi) is 11.1. The molecule has 32 heavy (non-hydrogen) atoms. The van der Waals surface area contributed by atoms with Crippen LogP contribution in [0.1, 0.15) is 81.1 Å². The minimum atomic E-state index is -1.32. The number of aliphatic hydroxyl groups excluding tert-OH is 3. The number of hydrogen-bond donors (Lipinski definition) is 4. The molecule has 0 bridgehead atoms. The Morgan fingerprint density at radius 1 is 0.969 bits per heavy atom. The van der Waals surface area contributed by atoms with E-state index in [1.807, 2.05) is 13.8 Å². The number of amides is 1. The zero-order valence-electron chi connectivity index (χ0n) is 21.3. The van der Waals surface area contributed by atoms with Gasteiger partial charge in [-0.3, -0.25) is 4.79 Å². The molecule has 1 heterocycles. The van der Waals surface area contributed by atoms with Crippen molar-refractivity contribution in [2.45, 2.75) is 117 Å². The molecule has 5 atom stereocenters. The molecule has 8 nitrogen and oxygen atoms in total. The second-order valence-electron chi connectivity index (χ2n) is 10.9. The van der Waals surface area contributed by atoms with Gasteiger partial charge in [0.05, 0.1) is 18.8 Å². The van der Waals surface area contributed by atoms with Crippen LogP contribution in [0, 0.1) is 10.8 Å². The Labute approximate surface area is 194 Å². The summed E-state index contributed by atoms with van der Waals surface area (Å²) in [5, 5.41) is 32.4. The van der Waals surface area contributed by atoms with Crippen molar-refractivity contribution in [3.63, 3.8) is 0 Å². The first-order chi connectivity index (χ1) is 14.7. The van der Waals surface area contributed by atoms with Gasteiger partial charge in [0, 0.05) is 13.5 Å². The highest BCUT2D eigenvalue weighted by Gasteiger charge is 2.45. The van der Waals surface area contributed by atoms with Gasteiger partial charge in [0.25, 0.3) is 0 Å². The summed E-state index contributed by atoms with van der Waals surface area (Å²) in [7, 11) is 0. The fourth-order valence-electron chi connectivity index (χ4n) is 3.99. The molecule has 0 unspecified atom stereocenters. The van der Waals surface area contributed by atoms with Crippen molar-refractivity contribution < 1.29 is 34.3 Å². The molecule has 0 aromatic carbocycles. The quantitative estimate of drug-likeness (QED) is 0.333. The van der Waals surface area contributed by atoms with Crippen molar-refractivity contribution in [2.75, 3.05) is 19.8 Å². The van der Waals surface area contributed by atoms with Gasteiger partial charge in [0.15, 0.2) is 6.29 Å². The molecular formula is C24H47NO7. The maximum absolute atomic E-state index is 11.5. The number of hydrogen-bond acceptors (Lipinski definition) is 7. The number of rotatable bonds is 13. The van der Waals surface area contributed by atoms with Crippen LogP contribution in [0.3, 0.4) is 0 Å². The summed E-state index contributed by atoms with van der Waals surface area (Å²) in [5.41, 5.74) is -0.0604. The van der Waals surface area contributed by atoms with E-state index in [1.165, 1.54) is 13.3 Å². The molecule has 0 spiro atoms. The fraction of sp³-hybridized carbons (Fsp3) is 0.958. The van der Waals surface area contributed by atoms with Crippen molar-refractivity contribution >= 4 is 5.91 Å². The lowest BCUT2D eigenvalue weighted by atomic mass is 9.64. The molecule has 1 aliphatic heterocycles. The van der Waals surface area contributed by atoms with Crippen LogP contribution in [0.15, 0.2) is 0 Å². The summed E-state index contributed by atoms with van der Waals surface area (Å²) >= 11 is 0. The Bertz CT molecular complexity index is 579. The number of ether oxygens (including phenoxy) is 3. The fourth-order valence-corrected chi connectivity index (χ4v) is 3.99. The number of carbonyl (C=O) groups is 1. The maximum Gasteiger partial charge on any atom is 0.217 e. The van der Waals surface area contributed by atoms with E-state index in [0.29, 0.717) is 13.0 Å². The summed E-state index contributed by atoms with van der Waals surface area (Å²) in [6.07, 6.45) is -0.764. The van der Waals surface area contributed by atoms with Gasteiger partial charge in [-0.1, -0.05) is 41.0 Å². The largest absolute Gasteiger partial charge is 0.394 e. The summed E-state index contributed by atoms with van der Waals surface area (Å²) in [6.45, 7) is 17.2. The van der Waals surface area contributed by atoms with Gasteiger partial charge in [0.1, 0.15) is 24.4 Å². The molecular weight excluding hydrogens is 414 g/mol. The summed E-state index contributed by atoms with van der Waals surface area (Å²) < 4.78 is 17.6. The minimum absolute atomic E-state index is 0.146. The SMILES string of the molecule is CCCC(C)(C)C(C)(C)CCOC(C)(C)CCO[C@@H]1O[C@H](CO)[C@H](O)[C@H](O)[C@H]1NC(C)=O. The smallest absolute Gasteiger partial charge is 0.217 e. The van der Waals surface area contributed by atoms with Gasteiger partial charge < -0.3 is 34.8 Å². The van der Waals surface area contributed by atoms with E-state index in [4.69, 9.17) is 14.2 Å². The standard InChI is InChI=1S/C24H47NO7/c1-9-10-22(3,4)23(5,6)11-14-31-24(7,8)12-13-30-21-18(25-16(2)27)20(29)19(28)17(15-26)32-21/h17-21,26,28-29H,9-15H2,1-8H3,(H,25,27)/t17-,18-,19+,20-,21-/m1/s1. The number of carbonyl (C=O) groups excluding carboxylic acids is 1. The zero-order chi connectivity index (χ0) is 24.7. The topological polar surface area (TPSA) is 117 Å². The van der Waals surface area contributed by atoms with E-state index >= 15 is 0 Å². The number of nitrogens with one attached hydrogen (secondary N) is 1. The van der Waals surface area contributed by atoms with E-state index in [0.717, 1.165) is 12.8 Å². The Morgan fingerprint density at radius 2 is 1.56 bits per heavy atom. The molecule has 8 heteroatoms. The van der Waals surface area contributed by atoms with Crippen LogP contribution in [-0.4, -0.2) is 77.3 Å². The van der Waals surface area contributed by atoms with Crippen LogP contribution in [0.5, 0.6) is 0 Å². The third-order valence-corrected chi connectivity index (χ3v) is 7.16. The molecule has 0 aliphatic carbocycles. The summed E-state index contributed by atoms with van der Waals surface area (Å²) in [4.78, 5) is 11.5. The van der Waals surface area contributed by atoms with Crippen LogP contribution in [0.4, 0.5) is 0 Å². The highest BCUT2D eigenvalue weighted by Crippen LogP contribution is 2.44. The Morgan fingerprint density at radius 3 is 2.09 bits per heavy atom. The first kappa shape index (κ1) is 29.3. The molecule has 4 N–H and O–H groups in total. The molecule has 0 aromatic rings. The van der Waals surface area contributed by atoms with Crippen LogP contribution >= 0.6 is 0 Å². The molecule has 190 valence electrons. The molecule has 1 saturated heterocycles. The second-order valence-corrected chi connectivity index (χ2v) is 10.9. The predicted molar refractivity (Wildman–Crippen MR) is 123 cm³/mol. The van der Waals surface area contributed by atoms with Gasteiger partial charge in [0.2, 0.25) is 5.91 Å². The Hall–Kier alpha value is -0.770. The normalized spacial score (nSPS) is 27.4. The van der Waals surface area contributed by atoms with Crippen molar-refractivity contribution in [2.24, 2.45) is 10.8 Å². The molecule has 1 amide bonds. The third kappa shape index (κ3) is 8.22. The van der Waals surface area contributed by atoms with Gasteiger partial charge in [-0.25, -0.2) is 0 Å². The van der Waals surface area contributed by atoms with Crippen molar-refractivity contribution in [1.82, 2.24) is 5.32 Å². The van der Waals surface area contributed by atoms with E-state index in [1.54, 1.807) is 0 Å². The highest BCUT2D eigenvalue weighted by atomic mass is 16.7. The van der Waals surface area contributed by atoms with Crippen molar-refractivity contribution in [1.29, 1.82) is 0 Å². The third-order valence-electron chi connectivity index (χ3n) is 7.16. The van der Waals surface area contributed by atoms with E-state index in [2.05, 4.69) is 39.9 Å². The maximum atomic E-state index is 11.5. The van der Waals surface area contributed by atoms with Crippen LogP contribution in [0.2, 0.25) is 0 Å². The van der Waals surface area contributed by atoms with Crippen molar-refractivity contribution in [3.05, 3.63) is 0 Å². The molecule has 1 aliphatic rings. The lowest BCUT2D eigenvalue weighted by Gasteiger charge is -2.43. The first-order valence-corrected chi connectivity index (χ1v) is 11.8. The van der Waals surface area contributed by atoms with Crippen LogP contribution in [-0.2, 0) is 19.0 Å². The molecule has 0 radical (unpaired) electrons. The molecule has 1 rings (SSSR count). The average molecular weight is 462 g/mol. The molecule has 0 saturated carbocycles. The molecule has 1 fully saturated rings. The lowest BCUT2D eigenvalue weighted by Crippen LogP contribution is -2.64. The van der Waals surface area contributed by atoms with Crippen molar-refractivity contribution in [3.8, 4) is 0 Å². The van der Waals surface area contributed by atoms with Gasteiger partial charge >= 0.3 is 0 Å². The Balaban J connectivity index is 2.60. The second kappa shape index (κ2) is 12.1. The zero-order valence-corrected chi connectivity index (χ0v) is 21.3. The summed E-state index contributed by atoms with van der Waals surface area (Å²) in [5.74, 6) is -0.377. The van der Waals surface area contributed by atoms with Gasteiger partial charge in [-0.05, 0) is 43.9 Å². The highest BCUT2D eigenvalue weighted by molar-refractivity contribution is 5.73. The predicted octanol–water partition coefficient (Wildman–Crippen LogP) is 2.37. The van der Waals surface area contributed by atoms with Gasteiger partial charge in [-0.2, -0.15) is 0 Å². The number of aliphatic hydroxyl groups is 3. The first-order valence-electron chi connectivity index (χ1n) is 11.8. The average Bonchev–Trinajstić information content (AvgIpc) is 2.66. The van der Waals surface area contributed by atoms with E-state index < -0.39 is 42.9 Å². The minimum Gasteiger partial charge on any atom is -0.394 e. The van der Waals surface area contributed by atoms with E-state index in [-0.39, 0.29) is 23.3 Å². The van der Waals surface area contributed by atoms with Crippen LogP contribution < -0.4 is 5.32 Å².